The second-order valence-corrected chi connectivity index (χ2v) is 4.34. The van der Waals surface area contributed by atoms with Gasteiger partial charge >= 0.3 is 0 Å². The lowest BCUT2D eigenvalue weighted by Crippen LogP contribution is -2.14. The maximum atomic E-state index is 11.9. The highest BCUT2D eigenvalue weighted by Crippen LogP contribution is 2.22. The number of amides is 1. The van der Waals surface area contributed by atoms with Crippen molar-refractivity contribution in [3.8, 4) is 5.75 Å². The number of rotatable bonds is 3. The molecular weight excluding hydrogens is 284 g/mol. The zero-order valence-electron chi connectivity index (χ0n) is 10.00. The van der Waals surface area contributed by atoms with Gasteiger partial charge in [-0.3, -0.25) is 14.9 Å². The molecule has 7 heteroatoms. The Morgan fingerprint density at radius 3 is 2.40 bits per heavy atom. The highest BCUT2D eigenvalue weighted by molar-refractivity contribution is 6.30. The van der Waals surface area contributed by atoms with Crippen molar-refractivity contribution in [1.29, 1.82) is 0 Å². The number of benzene rings is 2. The monoisotopic (exact) mass is 291 g/mol. The lowest BCUT2D eigenvalue weighted by molar-refractivity contribution is -0.385. The van der Waals surface area contributed by atoms with E-state index in [1.807, 2.05) is 0 Å². The summed E-state index contributed by atoms with van der Waals surface area (Å²) < 4.78 is 0. The van der Waals surface area contributed by atoms with Crippen LogP contribution in [0.25, 0.3) is 0 Å². The number of halogens is 1. The number of non-ortho nitro benzene ring substituents is 1. The fourth-order valence-electron chi connectivity index (χ4n) is 1.54. The van der Waals surface area contributed by atoms with Crippen LogP contribution >= 0.6 is 11.6 Å². The van der Waals surface area contributed by atoms with Gasteiger partial charge in [0.05, 0.1) is 4.92 Å². The van der Waals surface area contributed by atoms with Crippen LogP contribution in [-0.4, -0.2) is 10.8 Å². The van der Waals surface area contributed by atoms with Gasteiger partial charge in [0.15, 0.2) is 0 Å². The molecule has 102 valence electrons. The van der Waals surface area contributed by atoms with E-state index in [0.29, 0.717) is 10.7 Å². The van der Waals surface area contributed by atoms with E-state index in [4.69, 9.17) is 11.6 Å². The van der Waals surface area contributed by atoms with E-state index in [0.717, 1.165) is 18.2 Å². The summed E-state index contributed by atoms with van der Waals surface area (Å²) in [6.07, 6.45) is 0. The molecule has 2 aromatic carbocycles. The van der Waals surface area contributed by atoms with Crippen LogP contribution in [0.5, 0.6) is 5.75 Å². The molecule has 2 aromatic rings. The Bertz CT molecular complexity index is 671. The summed E-state index contributed by atoms with van der Waals surface area (Å²) in [6.45, 7) is 0. The van der Waals surface area contributed by atoms with E-state index in [1.165, 1.54) is 0 Å². The minimum Gasteiger partial charge on any atom is -0.872 e. The molecule has 1 N–H and O–H groups in total. The minimum atomic E-state index is -0.707. The summed E-state index contributed by atoms with van der Waals surface area (Å²) in [5.41, 5.74) is -0.162. The first kappa shape index (κ1) is 13.8. The largest absolute Gasteiger partial charge is 0.872 e. The fourth-order valence-corrected chi connectivity index (χ4v) is 1.67. The zero-order valence-corrected chi connectivity index (χ0v) is 10.8. The Labute approximate surface area is 118 Å². The van der Waals surface area contributed by atoms with Crippen molar-refractivity contribution in [2.24, 2.45) is 0 Å². The zero-order chi connectivity index (χ0) is 14.7. The molecule has 0 atom stereocenters. The molecule has 6 nitrogen and oxygen atoms in total. The van der Waals surface area contributed by atoms with Crippen LogP contribution in [0.1, 0.15) is 10.4 Å². The van der Waals surface area contributed by atoms with E-state index in [-0.39, 0.29) is 11.3 Å². The van der Waals surface area contributed by atoms with Crippen molar-refractivity contribution in [1.82, 2.24) is 0 Å². The Morgan fingerprint density at radius 1 is 1.15 bits per heavy atom. The highest BCUT2D eigenvalue weighted by Gasteiger charge is 2.13. The lowest BCUT2D eigenvalue weighted by Gasteiger charge is -2.12. The van der Waals surface area contributed by atoms with Crippen LogP contribution in [0.3, 0.4) is 0 Å². The maximum Gasteiger partial charge on any atom is 0.270 e. The number of nitrogens with one attached hydrogen (secondary N) is 1. The van der Waals surface area contributed by atoms with E-state index in [2.05, 4.69) is 5.32 Å². The number of carbonyl (C=O) groups is 1. The van der Waals surface area contributed by atoms with E-state index in [1.54, 1.807) is 24.3 Å². The Balaban J connectivity index is 2.26. The molecule has 0 bridgehead atoms. The molecule has 2 rings (SSSR count). The smallest absolute Gasteiger partial charge is 0.270 e. The molecule has 0 fully saturated rings. The molecule has 0 aliphatic rings. The van der Waals surface area contributed by atoms with E-state index >= 15 is 0 Å². The van der Waals surface area contributed by atoms with Gasteiger partial charge in [-0.15, -0.1) is 0 Å². The highest BCUT2D eigenvalue weighted by atomic mass is 35.5. The average Bonchev–Trinajstić information content (AvgIpc) is 2.41. The molecule has 0 radical (unpaired) electrons. The van der Waals surface area contributed by atoms with Crippen LogP contribution in [0, 0.1) is 10.1 Å². The number of nitro benzene ring substituents is 1. The first-order valence-corrected chi connectivity index (χ1v) is 5.87. The lowest BCUT2D eigenvalue weighted by atomic mass is 10.1. The van der Waals surface area contributed by atoms with Gasteiger partial charge in [-0.2, -0.15) is 0 Å². The van der Waals surface area contributed by atoms with Crippen molar-refractivity contribution < 1.29 is 14.8 Å². The van der Waals surface area contributed by atoms with Crippen LogP contribution in [0.4, 0.5) is 11.4 Å². The van der Waals surface area contributed by atoms with Crippen LogP contribution in [-0.2, 0) is 0 Å². The summed E-state index contributed by atoms with van der Waals surface area (Å²) in [5.74, 6) is -1.29. The predicted molar refractivity (Wildman–Crippen MR) is 71.9 cm³/mol. The van der Waals surface area contributed by atoms with Gasteiger partial charge in [-0.25, -0.2) is 0 Å². The van der Waals surface area contributed by atoms with Gasteiger partial charge in [-0.05, 0) is 24.3 Å². The molecule has 0 spiro atoms. The molecular formula is C13H8ClN2O4-. The van der Waals surface area contributed by atoms with Crippen molar-refractivity contribution in [3.63, 3.8) is 0 Å². The van der Waals surface area contributed by atoms with Gasteiger partial charge in [0.25, 0.3) is 11.6 Å². The molecule has 0 aliphatic heterocycles. The molecule has 0 heterocycles. The van der Waals surface area contributed by atoms with Crippen molar-refractivity contribution in [3.05, 3.63) is 63.2 Å². The quantitative estimate of drug-likeness (QED) is 0.694. The third kappa shape index (κ3) is 3.04. The second kappa shape index (κ2) is 5.58. The molecule has 0 saturated carbocycles. The normalized spacial score (nSPS) is 10.1. The molecule has 1 amide bonds. The number of nitro groups is 1. The topological polar surface area (TPSA) is 95.3 Å². The summed E-state index contributed by atoms with van der Waals surface area (Å²) >= 11 is 5.71. The standard InChI is InChI=1S/C13H9ClN2O4/c14-8-1-3-9(4-2-8)15-13(18)11-7-10(16(19)20)5-6-12(11)17/h1-7,17H,(H,15,18)/p-1. The van der Waals surface area contributed by atoms with Crippen molar-refractivity contribution >= 4 is 28.9 Å². The van der Waals surface area contributed by atoms with Crippen molar-refractivity contribution in [2.75, 3.05) is 5.32 Å². The summed E-state index contributed by atoms with van der Waals surface area (Å²) in [6, 6.07) is 9.26. The van der Waals surface area contributed by atoms with Crippen LogP contribution < -0.4 is 10.4 Å². The van der Waals surface area contributed by atoms with Gasteiger partial charge in [-0.1, -0.05) is 23.4 Å². The third-order valence-electron chi connectivity index (χ3n) is 2.52. The van der Waals surface area contributed by atoms with Gasteiger partial charge in [0.1, 0.15) is 0 Å². The molecule has 20 heavy (non-hydrogen) atoms. The number of carbonyl (C=O) groups excluding carboxylic acids is 1. The van der Waals surface area contributed by atoms with E-state index < -0.39 is 16.6 Å². The SMILES string of the molecule is O=C(Nc1ccc(Cl)cc1)c1cc([N+](=O)[O-])ccc1[O-]. The number of anilines is 1. The average molecular weight is 292 g/mol. The fraction of sp³-hybridized carbons (Fsp3) is 0. The second-order valence-electron chi connectivity index (χ2n) is 3.90. The van der Waals surface area contributed by atoms with E-state index in [9.17, 15) is 20.0 Å². The Morgan fingerprint density at radius 2 is 1.80 bits per heavy atom. The number of hydrogen-bond donors (Lipinski definition) is 1. The molecule has 0 aliphatic carbocycles. The summed E-state index contributed by atoms with van der Waals surface area (Å²) in [4.78, 5) is 21.9. The number of hydrogen-bond acceptors (Lipinski definition) is 4. The van der Waals surface area contributed by atoms with Crippen molar-refractivity contribution in [2.45, 2.75) is 0 Å². The first-order valence-electron chi connectivity index (χ1n) is 5.50. The predicted octanol–water partition coefficient (Wildman–Crippen LogP) is 2.57. The molecule has 0 unspecified atom stereocenters. The van der Waals surface area contributed by atoms with Crippen LogP contribution in [0.2, 0.25) is 5.02 Å². The maximum absolute atomic E-state index is 11.9. The molecule has 0 aromatic heterocycles. The molecule has 0 saturated heterocycles. The van der Waals surface area contributed by atoms with Crippen LogP contribution in [0.15, 0.2) is 42.5 Å². The van der Waals surface area contributed by atoms with Gasteiger partial charge in [0, 0.05) is 28.4 Å². The van der Waals surface area contributed by atoms with Gasteiger partial charge < -0.3 is 10.4 Å². The van der Waals surface area contributed by atoms with Gasteiger partial charge in [0.2, 0.25) is 0 Å². The third-order valence-corrected chi connectivity index (χ3v) is 2.77. The summed E-state index contributed by atoms with van der Waals surface area (Å²) in [5, 5.41) is 25.2. The Kier molecular flexibility index (Phi) is 3.86. The first-order chi connectivity index (χ1) is 9.47. The Hall–Kier alpha value is -2.60. The summed E-state index contributed by atoms with van der Waals surface area (Å²) in [7, 11) is 0. The number of nitrogens with zero attached hydrogens (tertiary/aromatic N) is 1. The minimum absolute atomic E-state index is 0.283.